The van der Waals surface area contributed by atoms with Crippen LogP contribution >= 0.6 is 11.8 Å². The van der Waals surface area contributed by atoms with Gasteiger partial charge in [-0.1, -0.05) is 0 Å². The SMILES string of the molecule is NC(=O)NN1CCSCC1. The molecule has 1 fully saturated rings. The van der Waals surface area contributed by atoms with Crippen LogP contribution in [0.5, 0.6) is 0 Å². The molecule has 0 radical (unpaired) electrons. The zero-order valence-electron chi connectivity index (χ0n) is 5.67. The lowest BCUT2D eigenvalue weighted by molar-refractivity contribution is 0.194. The van der Waals surface area contributed by atoms with E-state index < -0.39 is 6.03 Å². The van der Waals surface area contributed by atoms with Crippen LogP contribution in [0, 0.1) is 0 Å². The molecule has 0 bridgehead atoms. The van der Waals surface area contributed by atoms with Gasteiger partial charge in [0.05, 0.1) is 0 Å². The van der Waals surface area contributed by atoms with Gasteiger partial charge in [0.25, 0.3) is 0 Å². The minimum atomic E-state index is -0.466. The van der Waals surface area contributed by atoms with Gasteiger partial charge < -0.3 is 5.73 Å². The zero-order chi connectivity index (χ0) is 7.40. The van der Waals surface area contributed by atoms with E-state index in [-0.39, 0.29) is 0 Å². The van der Waals surface area contributed by atoms with E-state index in [1.165, 1.54) is 0 Å². The van der Waals surface area contributed by atoms with E-state index in [1.54, 1.807) is 0 Å². The van der Waals surface area contributed by atoms with Gasteiger partial charge in [0.2, 0.25) is 0 Å². The summed E-state index contributed by atoms with van der Waals surface area (Å²) in [6.45, 7) is 1.79. The van der Waals surface area contributed by atoms with Crippen molar-refractivity contribution in [2.45, 2.75) is 0 Å². The van der Waals surface area contributed by atoms with Crippen molar-refractivity contribution in [1.82, 2.24) is 10.4 Å². The van der Waals surface area contributed by atoms with Gasteiger partial charge >= 0.3 is 6.03 Å². The molecule has 4 nitrogen and oxygen atoms in total. The Balaban J connectivity index is 2.19. The molecule has 10 heavy (non-hydrogen) atoms. The van der Waals surface area contributed by atoms with E-state index in [1.807, 2.05) is 16.8 Å². The van der Waals surface area contributed by atoms with Crippen molar-refractivity contribution < 1.29 is 4.79 Å². The Bertz CT molecular complexity index is 124. The number of nitrogens with zero attached hydrogens (tertiary/aromatic N) is 1. The van der Waals surface area contributed by atoms with Crippen LogP contribution in [0.1, 0.15) is 0 Å². The van der Waals surface area contributed by atoms with Gasteiger partial charge in [0, 0.05) is 24.6 Å². The number of primary amides is 1. The second-order valence-corrected chi connectivity index (χ2v) is 3.30. The van der Waals surface area contributed by atoms with E-state index in [0.29, 0.717) is 0 Å². The summed E-state index contributed by atoms with van der Waals surface area (Å²) in [4.78, 5) is 10.3. The standard InChI is InChI=1S/C5H11N3OS/c6-5(9)7-8-1-3-10-4-2-8/h1-4H2,(H3,6,7,9). The summed E-state index contributed by atoms with van der Waals surface area (Å²) < 4.78 is 0. The molecule has 1 aliphatic rings. The highest BCUT2D eigenvalue weighted by molar-refractivity contribution is 7.99. The van der Waals surface area contributed by atoms with Gasteiger partial charge in [-0.05, 0) is 0 Å². The zero-order valence-corrected chi connectivity index (χ0v) is 6.49. The normalized spacial score (nSPS) is 20.4. The molecule has 0 unspecified atom stereocenters. The smallest absolute Gasteiger partial charge is 0.326 e. The van der Waals surface area contributed by atoms with E-state index in [0.717, 1.165) is 24.6 Å². The highest BCUT2D eigenvalue weighted by atomic mass is 32.2. The summed E-state index contributed by atoms with van der Waals surface area (Å²) in [6.07, 6.45) is 0. The molecule has 0 aliphatic carbocycles. The van der Waals surface area contributed by atoms with Gasteiger partial charge in [0.1, 0.15) is 0 Å². The summed E-state index contributed by atoms with van der Waals surface area (Å²) in [5, 5.41) is 1.85. The number of amides is 2. The fourth-order valence-corrected chi connectivity index (χ4v) is 1.73. The minimum Gasteiger partial charge on any atom is -0.351 e. The number of nitrogens with two attached hydrogens (primary N) is 1. The van der Waals surface area contributed by atoms with Gasteiger partial charge in [-0.2, -0.15) is 11.8 Å². The van der Waals surface area contributed by atoms with Crippen LogP contribution in [0.25, 0.3) is 0 Å². The van der Waals surface area contributed by atoms with E-state index >= 15 is 0 Å². The molecule has 1 heterocycles. The maximum absolute atomic E-state index is 10.3. The fraction of sp³-hybridized carbons (Fsp3) is 0.800. The van der Waals surface area contributed by atoms with Crippen molar-refractivity contribution in [2.75, 3.05) is 24.6 Å². The van der Waals surface area contributed by atoms with Crippen LogP contribution in [-0.2, 0) is 0 Å². The molecular formula is C5H11N3OS. The first-order valence-electron chi connectivity index (χ1n) is 3.18. The third-order valence-corrected chi connectivity index (χ3v) is 2.22. The average molecular weight is 161 g/mol. The van der Waals surface area contributed by atoms with Crippen molar-refractivity contribution in [3.8, 4) is 0 Å². The first-order valence-corrected chi connectivity index (χ1v) is 4.33. The number of hydrogen-bond donors (Lipinski definition) is 2. The highest BCUT2D eigenvalue weighted by Crippen LogP contribution is 2.06. The van der Waals surface area contributed by atoms with Crippen LogP contribution < -0.4 is 11.2 Å². The van der Waals surface area contributed by atoms with Crippen molar-refractivity contribution in [3.05, 3.63) is 0 Å². The van der Waals surface area contributed by atoms with Gasteiger partial charge in [0.15, 0.2) is 0 Å². The molecule has 0 aromatic carbocycles. The number of rotatable bonds is 1. The first-order chi connectivity index (χ1) is 4.79. The Morgan fingerprint density at radius 2 is 2.10 bits per heavy atom. The second-order valence-electron chi connectivity index (χ2n) is 2.08. The minimum absolute atomic E-state index is 0.466. The molecule has 1 saturated heterocycles. The molecule has 1 aliphatic heterocycles. The van der Waals surface area contributed by atoms with Gasteiger partial charge in [-0.25, -0.2) is 9.80 Å². The summed E-state index contributed by atoms with van der Waals surface area (Å²) in [6, 6.07) is -0.466. The number of nitrogens with one attached hydrogen (secondary N) is 1. The number of carbonyl (C=O) groups excluding carboxylic acids is 1. The predicted molar refractivity (Wildman–Crippen MR) is 41.6 cm³/mol. The maximum atomic E-state index is 10.3. The van der Waals surface area contributed by atoms with Crippen molar-refractivity contribution >= 4 is 17.8 Å². The molecule has 2 amide bonds. The highest BCUT2D eigenvalue weighted by Gasteiger charge is 2.10. The quantitative estimate of drug-likeness (QED) is 0.551. The third kappa shape index (κ3) is 2.45. The summed E-state index contributed by atoms with van der Waals surface area (Å²) in [5.74, 6) is 2.14. The van der Waals surface area contributed by atoms with Crippen LogP contribution in [-0.4, -0.2) is 35.6 Å². The number of urea groups is 1. The lowest BCUT2D eigenvalue weighted by atomic mass is 10.6. The van der Waals surface area contributed by atoms with Crippen LogP contribution in [0.15, 0.2) is 0 Å². The van der Waals surface area contributed by atoms with Crippen molar-refractivity contribution in [3.63, 3.8) is 0 Å². The Labute approximate surface area is 64.1 Å². The van der Waals surface area contributed by atoms with Gasteiger partial charge in [-0.3, -0.25) is 5.43 Å². The maximum Gasteiger partial charge on any atom is 0.326 e. The number of hydrogen-bond acceptors (Lipinski definition) is 3. The molecule has 0 aromatic heterocycles. The largest absolute Gasteiger partial charge is 0.351 e. The third-order valence-electron chi connectivity index (χ3n) is 1.28. The molecule has 58 valence electrons. The molecule has 0 atom stereocenters. The van der Waals surface area contributed by atoms with Crippen LogP contribution in [0.2, 0.25) is 0 Å². The summed E-state index contributed by atoms with van der Waals surface area (Å²) in [7, 11) is 0. The molecule has 0 aromatic rings. The predicted octanol–water partition coefficient (Wildman–Crippen LogP) is -0.381. The Hall–Kier alpha value is -0.420. The summed E-state index contributed by atoms with van der Waals surface area (Å²) >= 11 is 1.89. The Morgan fingerprint density at radius 3 is 2.60 bits per heavy atom. The van der Waals surface area contributed by atoms with E-state index in [4.69, 9.17) is 5.73 Å². The van der Waals surface area contributed by atoms with Crippen LogP contribution in [0.4, 0.5) is 4.79 Å². The Morgan fingerprint density at radius 1 is 1.50 bits per heavy atom. The molecule has 0 saturated carbocycles. The Kier molecular flexibility index (Phi) is 2.82. The first kappa shape index (κ1) is 7.68. The second kappa shape index (κ2) is 3.68. The molecule has 5 heteroatoms. The molecule has 1 rings (SSSR count). The lowest BCUT2D eigenvalue weighted by Crippen LogP contribution is -2.48. The fourth-order valence-electron chi connectivity index (χ4n) is 0.831. The topological polar surface area (TPSA) is 58.4 Å². The number of thioether (sulfide) groups is 1. The average Bonchev–Trinajstić information content (AvgIpc) is 1.88. The molecule has 3 N–H and O–H groups in total. The van der Waals surface area contributed by atoms with E-state index in [2.05, 4.69) is 5.43 Å². The number of hydrazine groups is 1. The summed E-state index contributed by atoms with van der Waals surface area (Å²) in [5.41, 5.74) is 7.47. The van der Waals surface area contributed by atoms with E-state index in [9.17, 15) is 4.79 Å². The monoisotopic (exact) mass is 161 g/mol. The lowest BCUT2D eigenvalue weighted by Gasteiger charge is -2.25. The molecular weight excluding hydrogens is 150 g/mol. The van der Waals surface area contributed by atoms with Crippen molar-refractivity contribution in [1.29, 1.82) is 0 Å². The number of carbonyl (C=O) groups is 1. The molecule has 0 spiro atoms. The van der Waals surface area contributed by atoms with Crippen LogP contribution in [0.3, 0.4) is 0 Å². The van der Waals surface area contributed by atoms with Crippen molar-refractivity contribution in [2.24, 2.45) is 5.73 Å². The van der Waals surface area contributed by atoms with Gasteiger partial charge in [-0.15, -0.1) is 0 Å².